The number of hydrogen-bond acceptors (Lipinski definition) is 5. The number of aryl methyl sites for hydroxylation is 1. The maximum absolute atomic E-state index is 13.2. The van der Waals surface area contributed by atoms with Crippen molar-refractivity contribution in [2.45, 2.75) is 20.0 Å². The minimum Gasteiger partial charge on any atom is -0.325 e. The average Bonchev–Trinajstić information content (AvgIpc) is 2.77. The fourth-order valence-electron chi connectivity index (χ4n) is 3.24. The number of nitrogens with zero attached hydrogens (tertiary/aromatic N) is 4. The summed E-state index contributed by atoms with van der Waals surface area (Å²) in [6.45, 7) is 1.67. The summed E-state index contributed by atoms with van der Waals surface area (Å²) in [6, 6.07) is 14.5. The highest BCUT2D eigenvalue weighted by Crippen LogP contribution is 2.20. The topological polar surface area (TPSA) is 98.9 Å². The number of rotatable bonds is 5. The number of aromatic nitrogens is 4. The number of fused-ring (bicyclic) bond motifs is 1. The third kappa shape index (κ3) is 4.31. The molecule has 1 N–H and O–H groups in total. The summed E-state index contributed by atoms with van der Waals surface area (Å²) in [5.74, 6) is -0.416. The normalized spacial score (nSPS) is 10.9. The van der Waals surface area contributed by atoms with Crippen molar-refractivity contribution in [3.63, 3.8) is 0 Å². The first-order chi connectivity index (χ1) is 14.9. The Morgan fingerprint density at radius 2 is 1.77 bits per heavy atom. The molecule has 0 unspecified atom stereocenters. The summed E-state index contributed by atoms with van der Waals surface area (Å²) >= 11 is 3.42. The monoisotopic (exact) mass is 479 g/mol. The summed E-state index contributed by atoms with van der Waals surface area (Å²) in [4.78, 5) is 47.0. The van der Waals surface area contributed by atoms with Crippen molar-refractivity contribution in [2.24, 2.45) is 0 Å². The van der Waals surface area contributed by atoms with Gasteiger partial charge in [0.05, 0.1) is 6.54 Å². The molecule has 0 aliphatic rings. The van der Waals surface area contributed by atoms with E-state index >= 15 is 0 Å². The molecule has 0 radical (unpaired) electrons. The largest absolute Gasteiger partial charge is 0.333 e. The van der Waals surface area contributed by atoms with E-state index in [0.29, 0.717) is 5.69 Å². The molecule has 4 aromatic rings. The zero-order valence-electron chi connectivity index (χ0n) is 16.6. The Morgan fingerprint density at radius 3 is 2.52 bits per heavy atom. The van der Waals surface area contributed by atoms with Crippen molar-refractivity contribution in [3.8, 4) is 0 Å². The van der Waals surface area contributed by atoms with Crippen molar-refractivity contribution >= 4 is 38.7 Å². The lowest BCUT2D eigenvalue weighted by Gasteiger charge is -2.13. The van der Waals surface area contributed by atoms with Gasteiger partial charge in [-0.1, -0.05) is 46.3 Å². The van der Waals surface area contributed by atoms with Crippen molar-refractivity contribution in [1.29, 1.82) is 0 Å². The van der Waals surface area contributed by atoms with E-state index < -0.39 is 17.2 Å². The van der Waals surface area contributed by atoms with Gasteiger partial charge in [0.2, 0.25) is 5.91 Å². The Labute approximate surface area is 185 Å². The molecule has 0 saturated heterocycles. The van der Waals surface area contributed by atoms with Crippen molar-refractivity contribution in [3.05, 3.63) is 97.4 Å². The van der Waals surface area contributed by atoms with Gasteiger partial charge in [0.1, 0.15) is 6.54 Å². The van der Waals surface area contributed by atoms with Gasteiger partial charge >= 0.3 is 5.69 Å². The standard InChI is InChI=1S/C22H18BrN5O3/c1-14-11-16(7-8-17(14)23)26-18(29)13-27-20-19(24-9-10-25-20)21(30)28(22(27)31)12-15-5-3-2-4-6-15/h2-11H,12-13H2,1H3,(H,26,29). The summed E-state index contributed by atoms with van der Waals surface area (Å²) in [7, 11) is 0. The van der Waals surface area contributed by atoms with Gasteiger partial charge in [0.15, 0.2) is 11.2 Å². The van der Waals surface area contributed by atoms with Crippen LogP contribution in [0, 0.1) is 6.92 Å². The molecule has 2 aromatic carbocycles. The Bertz CT molecular complexity index is 1400. The number of anilines is 1. The molecular formula is C22H18BrN5O3. The Balaban J connectivity index is 1.74. The van der Waals surface area contributed by atoms with Crippen LogP contribution in [0.3, 0.4) is 0 Å². The van der Waals surface area contributed by atoms with E-state index in [1.807, 2.05) is 49.4 Å². The molecule has 2 aromatic heterocycles. The third-order valence-electron chi connectivity index (χ3n) is 4.77. The van der Waals surface area contributed by atoms with Gasteiger partial charge in [-0.15, -0.1) is 0 Å². The summed E-state index contributed by atoms with van der Waals surface area (Å²) in [5, 5.41) is 2.78. The fourth-order valence-corrected chi connectivity index (χ4v) is 3.49. The number of carbonyl (C=O) groups excluding carboxylic acids is 1. The third-order valence-corrected chi connectivity index (χ3v) is 5.66. The second kappa shape index (κ2) is 8.65. The van der Waals surface area contributed by atoms with E-state index in [0.717, 1.165) is 20.2 Å². The number of amides is 1. The smallest absolute Gasteiger partial charge is 0.325 e. The molecule has 156 valence electrons. The van der Waals surface area contributed by atoms with Crippen LogP contribution in [0.5, 0.6) is 0 Å². The molecule has 0 bridgehead atoms. The Kier molecular flexibility index (Phi) is 5.77. The van der Waals surface area contributed by atoms with Gasteiger partial charge in [0, 0.05) is 22.6 Å². The van der Waals surface area contributed by atoms with Crippen LogP contribution < -0.4 is 16.6 Å². The first-order valence-electron chi connectivity index (χ1n) is 9.48. The molecule has 4 rings (SSSR count). The first-order valence-corrected chi connectivity index (χ1v) is 10.3. The highest BCUT2D eigenvalue weighted by atomic mass is 79.9. The summed E-state index contributed by atoms with van der Waals surface area (Å²) in [5.41, 5.74) is 1.29. The Morgan fingerprint density at radius 1 is 1.03 bits per heavy atom. The number of halogens is 1. The molecule has 1 amide bonds. The average molecular weight is 480 g/mol. The van der Waals surface area contributed by atoms with E-state index in [9.17, 15) is 14.4 Å². The molecule has 0 spiro atoms. The number of nitrogens with one attached hydrogen (secondary N) is 1. The molecule has 0 saturated carbocycles. The second-order valence-corrected chi connectivity index (χ2v) is 7.84. The highest BCUT2D eigenvalue weighted by Gasteiger charge is 2.17. The molecule has 31 heavy (non-hydrogen) atoms. The van der Waals surface area contributed by atoms with Crippen molar-refractivity contribution < 1.29 is 4.79 Å². The summed E-state index contributed by atoms with van der Waals surface area (Å²) < 4.78 is 3.17. The van der Waals surface area contributed by atoms with Crippen molar-refractivity contribution in [1.82, 2.24) is 19.1 Å². The zero-order valence-corrected chi connectivity index (χ0v) is 18.2. The van der Waals surface area contributed by atoms with Crippen LogP contribution in [0.4, 0.5) is 5.69 Å². The number of carbonyl (C=O) groups is 1. The lowest BCUT2D eigenvalue weighted by Crippen LogP contribution is -2.42. The Hall–Kier alpha value is -3.59. The molecule has 8 nitrogen and oxygen atoms in total. The molecule has 0 atom stereocenters. The predicted octanol–water partition coefficient (Wildman–Crippen LogP) is 2.71. The highest BCUT2D eigenvalue weighted by molar-refractivity contribution is 9.10. The lowest BCUT2D eigenvalue weighted by atomic mass is 10.2. The second-order valence-electron chi connectivity index (χ2n) is 6.99. The zero-order chi connectivity index (χ0) is 22.0. The molecule has 0 aliphatic heterocycles. The minimum absolute atomic E-state index is 0.0327. The van der Waals surface area contributed by atoms with Crippen LogP contribution in [-0.2, 0) is 17.9 Å². The molecular weight excluding hydrogens is 462 g/mol. The van der Waals surface area contributed by atoms with Gasteiger partial charge in [-0.25, -0.2) is 14.8 Å². The quantitative estimate of drug-likeness (QED) is 0.474. The van der Waals surface area contributed by atoms with Crippen LogP contribution >= 0.6 is 15.9 Å². The van der Waals surface area contributed by atoms with Gasteiger partial charge in [0.25, 0.3) is 5.56 Å². The number of benzene rings is 2. The van der Waals surface area contributed by atoms with Gasteiger partial charge in [-0.3, -0.25) is 18.7 Å². The van der Waals surface area contributed by atoms with E-state index in [-0.39, 0.29) is 24.3 Å². The van der Waals surface area contributed by atoms with E-state index in [1.165, 1.54) is 17.0 Å². The van der Waals surface area contributed by atoms with E-state index in [1.54, 1.807) is 6.07 Å². The first kappa shape index (κ1) is 20.7. The molecule has 2 heterocycles. The van der Waals surface area contributed by atoms with Crippen LogP contribution in [0.1, 0.15) is 11.1 Å². The van der Waals surface area contributed by atoms with Crippen LogP contribution in [-0.4, -0.2) is 25.0 Å². The molecule has 0 fully saturated rings. The molecule has 9 heteroatoms. The number of hydrogen-bond donors (Lipinski definition) is 1. The van der Waals surface area contributed by atoms with Crippen molar-refractivity contribution in [2.75, 3.05) is 5.32 Å². The van der Waals surface area contributed by atoms with Crippen LogP contribution in [0.2, 0.25) is 0 Å². The van der Waals surface area contributed by atoms with Gasteiger partial charge in [-0.2, -0.15) is 0 Å². The lowest BCUT2D eigenvalue weighted by molar-refractivity contribution is -0.116. The molecule has 0 aliphatic carbocycles. The van der Waals surface area contributed by atoms with Crippen LogP contribution in [0.15, 0.2) is 75.0 Å². The van der Waals surface area contributed by atoms with Crippen LogP contribution in [0.25, 0.3) is 11.2 Å². The maximum Gasteiger partial charge on any atom is 0.333 e. The van der Waals surface area contributed by atoms with E-state index in [4.69, 9.17) is 0 Å². The van der Waals surface area contributed by atoms with E-state index in [2.05, 4.69) is 31.2 Å². The fraction of sp³-hybridized carbons (Fsp3) is 0.136. The summed E-state index contributed by atoms with van der Waals surface area (Å²) in [6.07, 6.45) is 2.77. The SMILES string of the molecule is Cc1cc(NC(=O)Cn2c(=O)n(Cc3ccccc3)c(=O)c3nccnc32)ccc1Br. The maximum atomic E-state index is 13.2. The van der Waals surface area contributed by atoms with Gasteiger partial charge < -0.3 is 5.32 Å². The van der Waals surface area contributed by atoms with Gasteiger partial charge in [-0.05, 0) is 36.2 Å². The minimum atomic E-state index is -0.621. The predicted molar refractivity (Wildman–Crippen MR) is 121 cm³/mol.